The van der Waals surface area contributed by atoms with Crippen LogP contribution in [0.5, 0.6) is 0 Å². The highest BCUT2D eigenvalue weighted by Crippen LogP contribution is 2.25. The van der Waals surface area contributed by atoms with E-state index in [1.54, 1.807) is 30.6 Å². The van der Waals surface area contributed by atoms with Crippen molar-refractivity contribution in [1.82, 2.24) is 9.97 Å². The van der Waals surface area contributed by atoms with Crippen LogP contribution in [0.25, 0.3) is 10.8 Å². The summed E-state index contributed by atoms with van der Waals surface area (Å²) >= 11 is 3.22. The number of benzene rings is 1. The topological polar surface area (TPSA) is 72.0 Å². The van der Waals surface area contributed by atoms with Gasteiger partial charge in [-0.3, -0.25) is 14.7 Å². The first kappa shape index (κ1) is 14.0. The Hall–Kier alpha value is -1.99. The van der Waals surface area contributed by atoms with Gasteiger partial charge in [0.05, 0.1) is 5.69 Å². The fourth-order valence-corrected chi connectivity index (χ4v) is 3.54. The van der Waals surface area contributed by atoms with Crippen LogP contribution in [0.15, 0.2) is 64.5 Å². The van der Waals surface area contributed by atoms with Gasteiger partial charge in [-0.25, -0.2) is 8.42 Å². The summed E-state index contributed by atoms with van der Waals surface area (Å²) in [5, 5.41) is 1.66. The second kappa shape index (κ2) is 5.42. The van der Waals surface area contributed by atoms with Crippen molar-refractivity contribution in [2.45, 2.75) is 4.90 Å². The third-order valence-electron chi connectivity index (χ3n) is 2.92. The molecule has 0 saturated carbocycles. The number of aromatic nitrogens is 2. The number of sulfonamides is 1. The van der Waals surface area contributed by atoms with Crippen LogP contribution in [0.3, 0.4) is 0 Å². The van der Waals surface area contributed by atoms with Gasteiger partial charge in [-0.1, -0.05) is 12.1 Å². The third kappa shape index (κ3) is 2.88. The molecule has 3 rings (SSSR count). The number of pyridine rings is 2. The Morgan fingerprint density at radius 3 is 2.71 bits per heavy atom. The molecule has 0 atom stereocenters. The van der Waals surface area contributed by atoms with Crippen molar-refractivity contribution in [2.24, 2.45) is 0 Å². The van der Waals surface area contributed by atoms with Gasteiger partial charge in [-0.2, -0.15) is 0 Å². The van der Waals surface area contributed by atoms with Crippen LogP contribution in [0.4, 0.5) is 5.69 Å². The van der Waals surface area contributed by atoms with E-state index in [1.165, 1.54) is 18.5 Å². The predicted molar refractivity (Wildman–Crippen MR) is 84.5 cm³/mol. The summed E-state index contributed by atoms with van der Waals surface area (Å²) in [5.41, 5.74) is 0.509. The fourth-order valence-electron chi connectivity index (χ4n) is 1.95. The number of nitrogens with one attached hydrogen (secondary N) is 1. The van der Waals surface area contributed by atoms with Crippen LogP contribution in [-0.4, -0.2) is 18.4 Å². The smallest absolute Gasteiger partial charge is 0.263 e. The van der Waals surface area contributed by atoms with Crippen molar-refractivity contribution in [3.8, 4) is 0 Å². The molecular weight excluding hydrogens is 354 g/mol. The molecule has 1 N–H and O–H groups in total. The van der Waals surface area contributed by atoms with E-state index in [9.17, 15) is 8.42 Å². The number of anilines is 1. The van der Waals surface area contributed by atoms with E-state index in [1.807, 2.05) is 6.07 Å². The van der Waals surface area contributed by atoms with Crippen molar-refractivity contribution < 1.29 is 8.42 Å². The molecule has 7 heteroatoms. The molecule has 21 heavy (non-hydrogen) atoms. The van der Waals surface area contributed by atoms with E-state index in [0.29, 0.717) is 10.2 Å². The molecule has 0 radical (unpaired) electrons. The van der Waals surface area contributed by atoms with Gasteiger partial charge in [0.25, 0.3) is 10.0 Å². The van der Waals surface area contributed by atoms with Crippen LogP contribution in [0.1, 0.15) is 0 Å². The van der Waals surface area contributed by atoms with Gasteiger partial charge in [-0.05, 0) is 34.1 Å². The highest BCUT2D eigenvalue weighted by molar-refractivity contribution is 9.10. The molecule has 5 nitrogen and oxygen atoms in total. The predicted octanol–water partition coefficient (Wildman–Crippen LogP) is 3.19. The summed E-state index contributed by atoms with van der Waals surface area (Å²) in [7, 11) is -3.69. The molecule has 1 aromatic carbocycles. The van der Waals surface area contributed by atoms with Crippen molar-refractivity contribution >= 4 is 42.4 Å². The minimum Gasteiger partial charge on any atom is -0.279 e. The van der Waals surface area contributed by atoms with Gasteiger partial charge in [0.1, 0.15) is 4.90 Å². The molecule has 0 bridgehead atoms. The summed E-state index contributed by atoms with van der Waals surface area (Å²) < 4.78 is 28.0. The lowest BCUT2D eigenvalue weighted by molar-refractivity contribution is 0.601. The Kier molecular flexibility index (Phi) is 3.60. The van der Waals surface area contributed by atoms with Crippen LogP contribution in [0.2, 0.25) is 0 Å². The second-order valence-electron chi connectivity index (χ2n) is 4.35. The maximum absolute atomic E-state index is 12.4. The number of hydrogen-bond acceptors (Lipinski definition) is 4. The number of rotatable bonds is 3. The van der Waals surface area contributed by atoms with E-state index < -0.39 is 10.0 Å². The molecule has 0 aliphatic rings. The monoisotopic (exact) mass is 363 g/mol. The normalized spacial score (nSPS) is 11.5. The van der Waals surface area contributed by atoms with E-state index in [-0.39, 0.29) is 4.90 Å². The fraction of sp³-hybridized carbons (Fsp3) is 0. The van der Waals surface area contributed by atoms with E-state index in [2.05, 4.69) is 30.6 Å². The average molecular weight is 364 g/mol. The zero-order valence-electron chi connectivity index (χ0n) is 10.7. The first-order valence-corrected chi connectivity index (χ1v) is 8.30. The molecule has 0 amide bonds. The summed E-state index contributed by atoms with van der Waals surface area (Å²) in [4.78, 5) is 8.01. The second-order valence-corrected chi connectivity index (χ2v) is 6.94. The quantitative estimate of drug-likeness (QED) is 0.775. The molecule has 0 aliphatic carbocycles. The summed E-state index contributed by atoms with van der Waals surface area (Å²) in [6, 6.07) is 8.64. The van der Waals surface area contributed by atoms with Gasteiger partial charge >= 0.3 is 0 Å². The molecule has 106 valence electrons. The molecule has 0 spiro atoms. The van der Waals surface area contributed by atoms with E-state index in [0.717, 1.165) is 10.8 Å². The van der Waals surface area contributed by atoms with Crippen LogP contribution >= 0.6 is 15.9 Å². The first-order chi connectivity index (χ1) is 10.1. The van der Waals surface area contributed by atoms with E-state index >= 15 is 0 Å². The minimum atomic E-state index is -3.69. The first-order valence-electron chi connectivity index (χ1n) is 6.02. The van der Waals surface area contributed by atoms with E-state index in [4.69, 9.17) is 0 Å². The molecule has 3 aromatic rings. The molecular formula is C14H10BrN3O2S. The maximum Gasteiger partial charge on any atom is 0.263 e. The number of fused-ring (bicyclic) bond motifs is 1. The molecule has 2 heterocycles. The Bertz CT molecular complexity index is 907. The lowest BCUT2D eigenvalue weighted by Gasteiger charge is -2.10. The van der Waals surface area contributed by atoms with Crippen LogP contribution in [-0.2, 0) is 10.0 Å². The largest absolute Gasteiger partial charge is 0.279 e. The maximum atomic E-state index is 12.4. The van der Waals surface area contributed by atoms with Crippen LogP contribution in [0, 0.1) is 0 Å². The van der Waals surface area contributed by atoms with Crippen molar-refractivity contribution in [2.75, 3.05) is 4.72 Å². The lowest BCUT2D eigenvalue weighted by atomic mass is 10.1. The standard InChI is InChI=1S/C14H10BrN3O2S/c15-11-6-12(9-17-8-11)21(19,20)18-14-3-1-2-10-7-16-5-4-13(10)14/h1-9,18H. The highest BCUT2D eigenvalue weighted by Gasteiger charge is 2.16. The average Bonchev–Trinajstić information content (AvgIpc) is 2.47. The zero-order chi connectivity index (χ0) is 14.9. The molecule has 0 saturated heterocycles. The Morgan fingerprint density at radius 1 is 1.05 bits per heavy atom. The van der Waals surface area contributed by atoms with Gasteiger partial charge in [0.15, 0.2) is 0 Å². The van der Waals surface area contributed by atoms with Gasteiger partial charge in [-0.15, -0.1) is 0 Å². The number of nitrogens with zero attached hydrogens (tertiary/aromatic N) is 2. The lowest BCUT2D eigenvalue weighted by Crippen LogP contribution is -2.13. The van der Waals surface area contributed by atoms with Crippen molar-refractivity contribution in [3.05, 3.63) is 59.6 Å². The summed E-state index contributed by atoms with van der Waals surface area (Å²) in [6.07, 6.45) is 6.15. The summed E-state index contributed by atoms with van der Waals surface area (Å²) in [6.45, 7) is 0. The number of halogens is 1. The van der Waals surface area contributed by atoms with Gasteiger partial charge < -0.3 is 0 Å². The van der Waals surface area contributed by atoms with Gasteiger partial charge in [0.2, 0.25) is 0 Å². The Balaban J connectivity index is 2.06. The van der Waals surface area contributed by atoms with Crippen LogP contribution < -0.4 is 4.72 Å². The zero-order valence-corrected chi connectivity index (χ0v) is 13.1. The molecule has 0 aliphatic heterocycles. The minimum absolute atomic E-state index is 0.0999. The Morgan fingerprint density at radius 2 is 1.90 bits per heavy atom. The Labute approximate surface area is 130 Å². The molecule has 2 aromatic heterocycles. The van der Waals surface area contributed by atoms with Crippen molar-refractivity contribution in [1.29, 1.82) is 0 Å². The SMILES string of the molecule is O=S(=O)(Nc1cccc2cnccc12)c1cncc(Br)c1. The third-order valence-corrected chi connectivity index (χ3v) is 4.68. The number of hydrogen-bond donors (Lipinski definition) is 1. The van der Waals surface area contributed by atoms with Gasteiger partial charge in [0, 0.05) is 40.0 Å². The highest BCUT2D eigenvalue weighted by atomic mass is 79.9. The van der Waals surface area contributed by atoms with Crippen molar-refractivity contribution in [3.63, 3.8) is 0 Å². The summed E-state index contributed by atoms with van der Waals surface area (Å²) in [5.74, 6) is 0. The molecule has 0 unspecified atom stereocenters. The molecule has 0 fully saturated rings.